The number of hydrogen-bond acceptors (Lipinski definition) is 3. The van der Waals surface area contributed by atoms with E-state index < -0.39 is 21.6 Å². The molecule has 0 unspecified atom stereocenters. The van der Waals surface area contributed by atoms with Crippen LogP contribution in [0.3, 0.4) is 0 Å². The normalized spacial score (nSPS) is 11.4. The number of carboxylic acid groups (broad SMARTS) is 1. The van der Waals surface area contributed by atoms with Gasteiger partial charge in [-0.15, -0.1) is 0 Å². The van der Waals surface area contributed by atoms with Crippen molar-refractivity contribution >= 4 is 15.8 Å². The quantitative estimate of drug-likeness (QED) is 0.864. The minimum Gasteiger partial charge on any atom is -0.480 e. The Morgan fingerprint density at radius 1 is 1.25 bits per heavy atom. The van der Waals surface area contributed by atoms with Gasteiger partial charge in [-0.05, 0) is 30.5 Å². The average molecular weight is 242 g/mol. The van der Waals surface area contributed by atoms with Gasteiger partial charge in [-0.25, -0.2) is 8.42 Å². The summed E-state index contributed by atoms with van der Waals surface area (Å²) in [6, 6.07) is 5.48. The number of benzene rings is 1. The lowest BCUT2D eigenvalue weighted by molar-refractivity contribution is -0.134. The van der Waals surface area contributed by atoms with Gasteiger partial charge < -0.3 is 5.11 Å². The van der Waals surface area contributed by atoms with Crippen molar-refractivity contribution in [1.82, 2.24) is 0 Å². The highest BCUT2D eigenvalue weighted by Gasteiger charge is 2.18. The molecule has 0 radical (unpaired) electrons. The van der Waals surface area contributed by atoms with Crippen LogP contribution < -0.4 is 0 Å². The number of sulfone groups is 1. The van der Waals surface area contributed by atoms with Crippen molar-refractivity contribution in [3.05, 3.63) is 34.9 Å². The van der Waals surface area contributed by atoms with E-state index in [1.165, 1.54) is 0 Å². The molecule has 5 heteroatoms. The molecule has 0 fully saturated rings. The Hall–Kier alpha value is -1.36. The summed E-state index contributed by atoms with van der Waals surface area (Å²) in [5.74, 6) is -2.34. The van der Waals surface area contributed by atoms with E-state index in [2.05, 4.69) is 0 Å². The topological polar surface area (TPSA) is 71.4 Å². The summed E-state index contributed by atoms with van der Waals surface area (Å²) in [7, 11) is -3.58. The molecule has 0 aliphatic carbocycles. The van der Waals surface area contributed by atoms with Crippen molar-refractivity contribution in [3.63, 3.8) is 0 Å². The van der Waals surface area contributed by atoms with Gasteiger partial charge >= 0.3 is 5.97 Å². The van der Waals surface area contributed by atoms with Gasteiger partial charge in [-0.2, -0.15) is 0 Å². The first-order chi connectivity index (χ1) is 7.32. The highest BCUT2D eigenvalue weighted by molar-refractivity contribution is 7.91. The second-order valence-electron chi connectivity index (χ2n) is 3.80. The fourth-order valence-electron chi connectivity index (χ4n) is 1.54. The maximum atomic E-state index is 11.5. The Morgan fingerprint density at radius 3 is 2.19 bits per heavy atom. The molecule has 1 rings (SSSR count). The Labute approximate surface area is 94.8 Å². The van der Waals surface area contributed by atoms with E-state index in [0.29, 0.717) is 5.56 Å². The van der Waals surface area contributed by atoms with E-state index >= 15 is 0 Å². The third kappa shape index (κ3) is 3.34. The Kier molecular flexibility index (Phi) is 3.70. The van der Waals surface area contributed by atoms with Gasteiger partial charge in [0.2, 0.25) is 0 Å². The Balaban J connectivity index is 3.01. The molecular weight excluding hydrogens is 228 g/mol. The molecule has 0 saturated heterocycles. The molecule has 1 N–H and O–H groups in total. The van der Waals surface area contributed by atoms with E-state index in [1.807, 2.05) is 32.0 Å². The van der Waals surface area contributed by atoms with Crippen molar-refractivity contribution in [3.8, 4) is 0 Å². The number of aliphatic carboxylic acids is 1. The Bertz CT molecular complexity index is 482. The molecule has 16 heavy (non-hydrogen) atoms. The molecule has 0 spiro atoms. The van der Waals surface area contributed by atoms with Crippen molar-refractivity contribution in [1.29, 1.82) is 0 Å². The third-order valence-electron chi connectivity index (χ3n) is 2.35. The SMILES string of the molecule is Cc1cccc(C)c1CS(=O)(=O)CC(=O)O. The molecule has 0 aliphatic heterocycles. The molecule has 0 atom stereocenters. The zero-order chi connectivity index (χ0) is 12.3. The highest BCUT2D eigenvalue weighted by atomic mass is 32.2. The van der Waals surface area contributed by atoms with Gasteiger partial charge in [0.25, 0.3) is 0 Å². The predicted octanol–water partition coefficient (Wildman–Crippen LogP) is 1.30. The molecule has 0 bridgehead atoms. The number of carboxylic acids is 1. The lowest BCUT2D eigenvalue weighted by atomic mass is 10.1. The summed E-state index contributed by atoms with van der Waals surface area (Å²) >= 11 is 0. The van der Waals surface area contributed by atoms with Crippen molar-refractivity contribution in [2.24, 2.45) is 0 Å². The second-order valence-corrected chi connectivity index (χ2v) is 5.86. The van der Waals surface area contributed by atoms with Crippen LogP contribution in [-0.2, 0) is 20.4 Å². The number of hydrogen-bond donors (Lipinski definition) is 1. The summed E-state index contributed by atoms with van der Waals surface area (Å²) in [5.41, 5.74) is 2.44. The van der Waals surface area contributed by atoms with Gasteiger partial charge in [0.1, 0.15) is 5.75 Å². The minimum absolute atomic E-state index is 0.211. The van der Waals surface area contributed by atoms with Crippen LogP contribution >= 0.6 is 0 Å². The van der Waals surface area contributed by atoms with Crippen molar-refractivity contribution in [2.45, 2.75) is 19.6 Å². The molecule has 0 amide bonds. The van der Waals surface area contributed by atoms with Crippen LogP contribution in [0.1, 0.15) is 16.7 Å². The van der Waals surface area contributed by atoms with E-state index in [9.17, 15) is 13.2 Å². The Morgan fingerprint density at radius 2 is 1.75 bits per heavy atom. The van der Waals surface area contributed by atoms with Crippen LogP contribution in [0, 0.1) is 13.8 Å². The minimum atomic E-state index is -3.58. The van der Waals surface area contributed by atoms with Crippen LogP contribution in [0.4, 0.5) is 0 Å². The number of aryl methyl sites for hydroxylation is 2. The summed E-state index contributed by atoms with van der Waals surface area (Å²) in [5, 5.41) is 8.49. The molecule has 88 valence electrons. The zero-order valence-electron chi connectivity index (χ0n) is 9.23. The molecule has 1 aromatic carbocycles. The van der Waals surface area contributed by atoms with Crippen LogP contribution in [-0.4, -0.2) is 25.2 Å². The maximum Gasteiger partial charge on any atom is 0.318 e. The molecule has 0 aromatic heterocycles. The lowest BCUT2D eigenvalue weighted by Crippen LogP contribution is -2.17. The maximum absolute atomic E-state index is 11.5. The zero-order valence-corrected chi connectivity index (χ0v) is 10.0. The summed E-state index contributed by atoms with van der Waals surface area (Å²) in [6.45, 7) is 3.64. The fraction of sp³-hybridized carbons (Fsp3) is 0.364. The van der Waals surface area contributed by atoms with Gasteiger partial charge in [0.15, 0.2) is 9.84 Å². The summed E-state index contributed by atoms with van der Waals surface area (Å²) < 4.78 is 23.1. The standard InChI is InChI=1S/C11H14O4S/c1-8-4-3-5-9(2)10(8)6-16(14,15)7-11(12)13/h3-5H,6-7H2,1-2H3,(H,12,13). The highest BCUT2D eigenvalue weighted by Crippen LogP contribution is 2.16. The number of carbonyl (C=O) groups is 1. The molecule has 4 nitrogen and oxygen atoms in total. The molecule has 0 heterocycles. The predicted molar refractivity (Wildman–Crippen MR) is 61.0 cm³/mol. The van der Waals surface area contributed by atoms with Crippen LogP contribution in [0.2, 0.25) is 0 Å². The smallest absolute Gasteiger partial charge is 0.318 e. The molecular formula is C11H14O4S. The molecule has 0 saturated carbocycles. The van der Waals surface area contributed by atoms with Crippen LogP contribution in [0.5, 0.6) is 0 Å². The fourth-order valence-corrected chi connectivity index (χ4v) is 2.91. The third-order valence-corrected chi connectivity index (χ3v) is 3.77. The average Bonchev–Trinajstić information content (AvgIpc) is 2.09. The molecule has 1 aromatic rings. The van der Waals surface area contributed by atoms with E-state index in [-0.39, 0.29) is 5.75 Å². The van der Waals surface area contributed by atoms with Gasteiger partial charge in [0.05, 0.1) is 5.75 Å². The monoisotopic (exact) mass is 242 g/mol. The first kappa shape index (κ1) is 12.7. The van der Waals surface area contributed by atoms with Crippen molar-refractivity contribution < 1.29 is 18.3 Å². The molecule has 0 aliphatic rings. The van der Waals surface area contributed by atoms with Crippen molar-refractivity contribution in [2.75, 3.05) is 5.75 Å². The lowest BCUT2D eigenvalue weighted by Gasteiger charge is -2.09. The number of rotatable bonds is 4. The second kappa shape index (κ2) is 4.65. The van der Waals surface area contributed by atoms with Crippen LogP contribution in [0.25, 0.3) is 0 Å². The van der Waals surface area contributed by atoms with Crippen LogP contribution in [0.15, 0.2) is 18.2 Å². The van der Waals surface area contributed by atoms with E-state index in [1.54, 1.807) is 0 Å². The summed E-state index contributed by atoms with van der Waals surface area (Å²) in [6.07, 6.45) is 0. The van der Waals surface area contributed by atoms with Gasteiger partial charge in [0, 0.05) is 0 Å². The van der Waals surface area contributed by atoms with E-state index in [4.69, 9.17) is 5.11 Å². The first-order valence-electron chi connectivity index (χ1n) is 4.79. The first-order valence-corrected chi connectivity index (χ1v) is 6.61. The summed E-state index contributed by atoms with van der Waals surface area (Å²) in [4.78, 5) is 10.4. The van der Waals surface area contributed by atoms with Gasteiger partial charge in [-0.1, -0.05) is 18.2 Å². The largest absolute Gasteiger partial charge is 0.480 e. The van der Waals surface area contributed by atoms with Gasteiger partial charge in [-0.3, -0.25) is 4.79 Å². The van der Waals surface area contributed by atoms with E-state index in [0.717, 1.165) is 11.1 Å².